The molecule has 3 N–H and O–H groups in total. The molecule has 0 fully saturated rings. The van der Waals surface area contributed by atoms with Crippen molar-refractivity contribution in [2.45, 2.75) is 13.3 Å². The molecule has 0 aliphatic heterocycles. The molecule has 2 aromatic rings. The third-order valence-corrected chi connectivity index (χ3v) is 2.86. The molecule has 0 bridgehead atoms. The summed E-state index contributed by atoms with van der Waals surface area (Å²) in [6.45, 7) is 1.94. The van der Waals surface area contributed by atoms with Gasteiger partial charge in [0.2, 0.25) is 5.88 Å². The number of nitrogens with zero attached hydrogens (tertiary/aromatic N) is 3. The van der Waals surface area contributed by atoms with Crippen LogP contribution in [0.15, 0.2) is 24.5 Å². The minimum absolute atomic E-state index is 0.387. The van der Waals surface area contributed by atoms with Gasteiger partial charge in [-0.2, -0.15) is 5.26 Å². The first-order valence-electron chi connectivity index (χ1n) is 6.29. The zero-order chi connectivity index (χ0) is 15.2. The third-order valence-electron chi connectivity index (χ3n) is 2.86. The number of hydrogen-bond donors (Lipinski definition) is 2. The van der Waals surface area contributed by atoms with E-state index < -0.39 is 0 Å². The van der Waals surface area contributed by atoms with Crippen LogP contribution in [-0.2, 0) is 6.42 Å². The highest BCUT2D eigenvalue weighted by molar-refractivity contribution is 5.50. The maximum atomic E-state index is 9.02. The number of nitrogens with one attached hydrogen (secondary N) is 1. The molecule has 0 radical (unpaired) electrons. The zero-order valence-electron chi connectivity index (χ0n) is 11.8. The Morgan fingerprint density at radius 2 is 2.05 bits per heavy atom. The summed E-state index contributed by atoms with van der Waals surface area (Å²) >= 11 is 0. The first-order chi connectivity index (χ1) is 10.2. The molecule has 0 amide bonds. The van der Waals surface area contributed by atoms with Gasteiger partial charge >= 0.3 is 0 Å². The summed E-state index contributed by atoms with van der Waals surface area (Å²) in [4.78, 5) is 8.15. The molecule has 21 heavy (non-hydrogen) atoms. The quantitative estimate of drug-likeness (QED) is 0.639. The summed E-state index contributed by atoms with van der Waals surface area (Å²) in [6, 6.07) is 6.97. The number of anilines is 1. The van der Waals surface area contributed by atoms with Gasteiger partial charge in [-0.25, -0.2) is 15.8 Å². The predicted molar refractivity (Wildman–Crippen MR) is 77.0 cm³/mol. The Morgan fingerprint density at radius 1 is 1.29 bits per heavy atom. The molecule has 2 rings (SSSR count). The molecular formula is C14H15N5O2. The van der Waals surface area contributed by atoms with Crippen molar-refractivity contribution in [1.82, 2.24) is 9.97 Å². The van der Waals surface area contributed by atoms with Crippen LogP contribution in [0.3, 0.4) is 0 Å². The fourth-order valence-electron chi connectivity index (χ4n) is 1.85. The van der Waals surface area contributed by atoms with E-state index in [2.05, 4.69) is 21.5 Å². The van der Waals surface area contributed by atoms with Crippen LogP contribution in [0.25, 0.3) is 0 Å². The van der Waals surface area contributed by atoms with Gasteiger partial charge in [-0.3, -0.25) is 0 Å². The van der Waals surface area contributed by atoms with Gasteiger partial charge in [-0.15, -0.1) is 0 Å². The third kappa shape index (κ3) is 3.19. The number of methoxy groups -OCH3 is 1. The van der Waals surface area contributed by atoms with Gasteiger partial charge in [-0.05, 0) is 18.6 Å². The van der Waals surface area contributed by atoms with Gasteiger partial charge in [0.15, 0.2) is 0 Å². The Bertz CT molecular complexity index is 682. The standard InChI is InChI=1S/C14H15N5O2/c1-3-12-13(19-16)17-8-18-14(12)21-11-5-9(7-15)4-10(6-11)20-2/h4-6,8H,3,16H2,1-2H3,(H,17,18,19). The Kier molecular flexibility index (Phi) is 4.53. The van der Waals surface area contributed by atoms with E-state index in [0.717, 1.165) is 5.56 Å². The van der Waals surface area contributed by atoms with Gasteiger partial charge < -0.3 is 14.9 Å². The second-order valence-corrected chi connectivity index (χ2v) is 4.11. The fraction of sp³-hybridized carbons (Fsp3) is 0.214. The average molecular weight is 285 g/mol. The van der Waals surface area contributed by atoms with Crippen LogP contribution in [0.5, 0.6) is 17.4 Å². The Morgan fingerprint density at radius 3 is 2.67 bits per heavy atom. The van der Waals surface area contributed by atoms with Crippen LogP contribution in [0, 0.1) is 11.3 Å². The van der Waals surface area contributed by atoms with Crippen LogP contribution >= 0.6 is 0 Å². The molecular weight excluding hydrogens is 270 g/mol. The molecule has 7 nitrogen and oxygen atoms in total. The molecule has 0 atom stereocenters. The monoisotopic (exact) mass is 285 g/mol. The van der Waals surface area contributed by atoms with Crippen molar-refractivity contribution >= 4 is 5.82 Å². The second-order valence-electron chi connectivity index (χ2n) is 4.11. The van der Waals surface area contributed by atoms with Crippen LogP contribution < -0.4 is 20.7 Å². The number of aromatic nitrogens is 2. The molecule has 0 unspecified atom stereocenters. The molecule has 0 saturated heterocycles. The van der Waals surface area contributed by atoms with Crippen molar-refractivity contribution in [3.05, 3.63) is 35.7 Å². The summed E-state index contributed by atoms with van der Waals surface area (Å²) in [5.74, 6) is 7.31. The van der Waals surface area contributed by atoms with Crippen molar-refractivity contribution in [2.75, 3.05) is 12.5 Å². The number of nitriles is 1. The van der Waals surface area contributed by atoms with E-state index in [0.29, 0.717) is 35.2 Å². The first-order valence-corrected chi connectivity index (χ1v) is 6.29. The van der Waals surface area contributed by atoms with Crippen molar-refractivity contribution in [3.63, 3.8) is 0 Å². The van der Waals surface area contributed by atoms with Gasteiger partial charge in [0.1, 0.15) is 23.6 Å². The maximum Gasteiger partial charge on any atom is 0.227 e. The topological polar surface area (TPSA) is 106 Å². The van der Waals surface area contributed by atoms with Crippen molar-refractivity contribution in [2.24, 2.45) is 5.84 Å². The molecule has 108 valence electrons. The molecule has 1 heterocycles. The van der Waals surface area contributed by atoms with E-state index >= 15 is 0 Å². The van der Waals surface area contributed by atoms with Gasteiger partial charge in [0.25, 0.3) is 0 Å². The van der Waals surface area contributed by atoms with Crippen molar-refractivity contribution < 1.29 is 9.47 Å². The highest BCUT2D eigenvalue weighted by Gasteiger charge is 2.12. The Hall–Kier alpha value is -2.85. The minimum Gasteiger partial charge on any atom is -0.497 e. The predicted octanol–water partition coefficient (Wildman–Crippen LogP) is 2.00. The molecule has 0 saturated carbocycles. The Balaban J connectivity index is 2.41. The lowest BCUT2D eigenvalue weighted by Gasteiger charge is -2.12. The summed E-state index contributed by atoms with van der Waals surface area (Å²) in [5.41, 5.74) is 3.70. The normalized spacial score (nSPS) is 9.81. The summed E-state index contributed by atoms with van der Waals surface area (Å²) < 4.78 is 10.9. The number of hydrazine groups is 1. The number of rotatable bonds is 5. The van der Waals surface area contributed by atoms with Crippen LogP contribution in [0.1, 0.15) is 18.1 Å². The fourth-order valence-corrected chi connectivity index (χ4v) is 1.85. The molecule has 1 aromatic heterocycles. The van der Waals surface area contributed by atoms with E-state index in [4.69, 9.17) is 20.6 Å². The summed E-state index contributed by atoms with van der Waals surface area (Å²) in [6.07, 6.45) is 2.00. The molecule has 0 aliphatic carbocycles. The number of hydrogen-bond acceptors (Lipinski definition) is 7. The largest absolute Gasteiger partial charge is 0.497 e. The van der Waals surface area contributed by atoms with E-state index in [1.165, 1.54) is 13.4 Å². The molecule has 1 aromatic carbocycles. The summed E-state index contributed by atoms with van der Waals surface area (Å²) in [5, 5.41) is 9.02. The summed E-state index contributed by atoms with van der Waals surface area (Å²) in [7, 11) is 1.53. The van der Waals surface area contributed by atoms with Gasteiger partial charge in [-0.1, -0.05) is 6.92 Å². The maximum absolute atomic E-state index is 9.02. The number of nitrogens with two attached hydrogens (primary N) is 1. The zero-order valence-corrected chi connectivity index (χ0v) is 11.8. The number of ether oxygens (including phenoxy) is 2. The molecule has 0 aliphatic rings. The highest BCUT2D eigenvalue weighted by atomic mass is 16.5. The SMILES string of the molecule is CCc1c(NN)ncnc1Oc1cc(C#N)cc(OC)c1. The van der Waals surface area contributed by atoms with Crippen molar-refractivity contribution in [3.8, 4) is 23.4 Å². The number of benzene rings is 1. The highest BCUT2D eigenvalue weighted by Crippen LogP contribution is 2.30. The molecule has 7 heteroatoms. The van der Waals surface area contributed by atoms with E-state index in [1.54, 1.807) is 18.2 Å². The minimum atomic E-state index is 0.387. The van der Waals surface area contributed by atoms with E-state index in [9.17, 15) is 0 Å². The lowest BCUT2D eigenvalue weighted by atomic mass is 10.2. The van der Waals surface area contributed by atoms with Crippen molar-refractivity contribution in [1.29, 1.82) is 5.26 Å². The van der Waals surface area contributed by atoms with E-state index in [1.807, 2.05) is 6.92 Å². The Labute approximate surface area is 122 Å². The number of nitrogen functional groups attached to an aromatic ring is 1. The lowest BCUT2D eigenvalue weighted by molar-refractivity contribution is 0.406. The van der Waals surface area contributed by atoms with Crippen LogP contribution in [0.2, 0.25) is 0 Å². The average Bonchev–Trinajstić information content (AvgIpc) is 2.54. The lowest BCUT2D eigenvalue weighted by Crippen LogP contribution is -2.12. The van der Waals surface area contributed by atoms with Crippen LogP contribution in [-0.4, -0.2) is 17.1 Å². The van der Waals surface area contributed by atoms with Crippen LogP contribution in [0.4, 0.5) is 5.82 Å². The van der Waals surface area contributed by atoms with Gasteiger partial charge in [0.05, 0.1) is 24.3 Å². The first kappa shape index (κ1) is 14.6. The molecule has 0 spiro atoms. The van der Waals surface area contributed by atoms with Gasteiger partial charge in [0, 0.05) is 6.07 Å². The second kappa shape index (κ2) is 6.54. The smallest absolute Gasteiger partial charge is 0.227 e. The van der Waals surface area contributed by atoms with E-state index in [-0.39, 0.29) is 0 Å².